The van der Waals surface area contributed by atoms with E-state index in [9.17, 15) is 24.0 Å². The van der Waals surface area contributed by atoms with Gasteiger partial charge in [0.25, 0.3) is 0 Å². The molecule has 0 rings (SSSR count). The molecule has 0 saturated carbocycles. The number of hydrogen-bond donors (Lipinski definition) is 6. The number of hydrogen-bond acceptors (Lipinski definition) is 6. The molecule has 0 bridgehead atoms. The third-order valence-electron chi connectivity index (χ3n) is 3.64. The number of carbonyl (C=O) groups is 5. The highest BCUT2D eigenvalue weighted by atomic mass is 16.4. The van der Waals surface area contributed by atoms with Crippen molar-refractivity contribution in [3.8, 4) is 0 Å². The lowest BCUT2D eigenvalue weighted by molar-refractivity contribution is -0.143. The first-order valence-electron chi connectivity index (χ1n) is 8.53. The average molecular weight is 388 g/mol. The SMILES string of the molecule is CC(C)C[C@H](N)C(=O)N[C@@H](CCC(=O)O)C(=O)N[C@@H](CCC(N)=O)C(=O)O. The van der Waals surface area contributed by atoms with Crippen LogP contribution in [-0.4, -0.2) is 58.0 Å². The Hall–Kier alpha value is -2.69. The standard InChI is InChI=1S/C16H28N4O7/c1-8(2)7-9(17)14(24)19-10(4-6-13(22)23)15(25)20-11(16(26)27)3-5-12(18)21/h8-11H,3-7,17H2,1-2H3,(H2,18,21)(H,19,24)(H,20,25)(H,22,23)(H,26,27)/t9-,10-,11-/m0/s1. The summed E-state index contributed by atoms with van der Waals surface area (Å²) in [6.07, 6.45) is -0.804. The van der Waals surface area contributed by atoms with Crippen molar-refractivity contribution < 1.29 is 34.2 Å². The number of carboxylic acids is 2. The van der Waals surface area contributed by atoms with Crippen molar-refractivity contribution in [3.63, 3.8) is 0 Å². The van der Waals surface area contributed by atoms with Gasteiger partial charge in [0.2, 0.25) is 17.7 Å². The first kappa shape index (κ1) is 24.3. The van der Waals surface area contributed by atoms with Crippen molar-refractivity contribution in [2.45, 2.75) is 64.1 Å². The van der Waals surface area contributed by atoms with Gasteiger partial charge in [0.05, 0.1) is 6.04 Å². The van der Waals surface area contributed by atoms with E-state index in [0.29, 0.717) is 6.42 Å². The topological polar surface area (TPSA) is 202 Å². The van der Waals surface area contributed by atoms with Gasteiger partial charge in [-0.15, -0.1) is 0 Å². The minimum atomic E-state index is -1.40. The summed E-state index contributed by atoms with van der Waals surface area (Å²) in [5.74, 6) is -4.69. The van der Waals surface area contributed by atoms with Crippen LogP contribution in [0.4, 0.5) is 0 Å². The van der Waals surface area contributed by atoms with Crippen LogP contribution in [0.25, 0.3) is 0 Å². The number of carboxylic acid groups (broad SMARTS) is 2. The second-order valence-corrected chi connectivity index (χ2v) is 6.63. The number of carbonyl (C=O) groups excluding carboxylic acids is 3. The normalized spacial score (nSPS) is 14.1. The summed E-state index contributed by atoms with van der Waals surface area (Å²) in [5, 5.41) is 22.5. The number of primary amides is 1. The van der Waals surface area contributed by atoms with Gasteiger partial charge in [-0.25, -0.2) is 4.79 Å². The molecule has 0 radical (unpaired) electrons. The second kappa shape index (κ2) is 11.8. The zero-order chi connectivity index (χ0) is 21.1. The molecule has 11 nitrogen and oxygen atoms in total. The Labute approximate surface area is 156 Å². The number of nitrogens with one attached hydrogen (secondary N) is 2. The first-order valence-corrected chi connectivity index (χ1v) is 8.53. The third-order valence-corrected chi connectivity index (χ3v) is 3.64. The predicted molar refractivity (Wildman–Crippen MR) is 94.2 cm³/mol. The summed E-state index contributed by atoms with van der Waals surface area (Å²) in [5.41, 5.74) is 10.7. The summed E-state index contributed by atoms with van der Waals surface area (Å²) in [4.78, 5) is 57.3. The van der Waals surface area contributed by atoms with Gasteiger partial charge in [-0.3, -0.25) is 19.2 Å². The van der Waals surface area contributed by atoms with Crippen LogP contribution in [0.3, 0.4) is 0 Å². The summed E-state index contributed by atoms with van der Waals surface area (Å²) in [6, 6.07) is -3.57. The van der Waals surface area contributed by atoms with Crippen LogP contribution in [0.15, 0.2) is 0 Å². The molecule has 11 heteroatoms. The maximum Gasteiger partial charge on any atom is 0.326 e. The van der Waals surface area contributed by atoms with E-state index < -0.39 is 54.2 Å². The molecule has 0 aromatic heterocycles. The van der Waals surface area contributed by atoms with Crippen molar-refractivity contribution in [2.24, 2.45) is 17.4 Å². The summed E-state index contributed by atoms with van der Waals surface area (Å²) >= 11 is 0. The third kappa shape index (κ3) is 10.8. The molecule has 3 amide bonds. The molecule has 0 unspecified atom stereocenters. The monoisotopic (exact) mass is 388 g/mol. The van der Waals surface area contributed by atoms with Crippen molar-refractivity contribution >= 4 is 29.7 Å². The van der Waals surface area contributed by atoms with E-state index in [0.717, 1.165) is 0 Å². The van der Waals surface area contributed by atoms with Crippen LogP contribution in [0.5, 0.6) is 0 Å². The molecule has 0 aliphatic rings. The minimum absolute atomic E-state index is 0.127. The van der Waals surface area contributed by atoms with E-state index in [1.54, 1.807) is 0 Å². The Morgan fingerprint density at radius 1 is 0.889 bits per heavy atom. The van der Waals surface area contributed by atoms with Crippen LogP contribution in [0.1, 0.15) is 46.0 Å². The van der Waals surface area contributed by atoms with Gasteiger partial charge in [-0.05, 0) is 25.2 Å². The van der Waals surface area contributed by atoms with Crippen LogP contribution in [0.2, 0.25) is 0 Å². The number of amides is 3. The van der Waals surface area contributed by atoms with E-state index in [2.05, 4.69) is 10.6 Å². The van der Waals surface area contributed by atoms with Gasteiger partial charge >= 0.3 is 11.9 Å². The molecule has 0 heterocycles. The van der Waals surface area contributed by atoms with Gasteiger partial charge in [0, 0.05) is 12.8 Å². The molecule has 3 atom stereocenters. The zero-order valence-electron chi connectivity index (χ0n) is 15.4. The van der Waals surface area contributed by atoms with E-state index in [1.165, 1.54) is 0 Å². The molecular formula is C16H28N4O7. The molecule has 8 N–H and O–H groups in total. The number of rotatable bonds is 13. The molecule has 154 valence electrons. The first-order chi connectivity index (χ1) is 12.4. The van der Waals surface area contributed by atoms with Gasteiger partial charge in [0.1, 0.15) is 12.1 Å². The van der Waals surface area contributed by atoms with E-state index in [1.807, 2.05) is 13.8 Å². The summed E-state index contributed by atoms with van der Waals surface area (Å²) in [7, 11) is 0. The van der Waals surface area contributed by atoms with Gasteiger partial charge in [-0.2, -0.15) is 0 Å². The molecule has 0 aromatic rings. The fourth-order valence-corrected chi connectivity index (χ4v) is 2.25. The highest BCUT2D eigenvalue weighted by Gasteiger charge is 2.28. The van der Waals surface area contributed by atoms with Gasteiger partial charge < -0.3 is 32.3 Å². The molecule has 0 saturated heterocycles. The average Bonchev–Trinajstić information content (AvgIpc) is 2.53. The smallest absolute Gasteiger partial charge is 0.326 e. The highest BCUT2D eigenvalue weighted by Crippen LogP contribution is 2.06. The van der Waals surface area contributed by atoms with Gasteiger partial charge in [-0.1, -0.05) is 13.8 Å². The van der Waals surface area contributed by atoms with E-state index in [-0.39, 0.29) is 25.2 Å². The molecule has 0 aliphatic carbocycles. The molecule has 27 heavy (non-hydrogen) atoms. The summed E-state index contributed by atoms with van der Waals surface area (Å²) < 4.78 is 0. The molecule has 0 spiro atoms. The summed E-state index contributed by atoms with van der Waals surface area (Å²) in [6.45, 7) is 3.72. The second-order valence-electron chi connectivity index (χ2n) is 6.63. The lowest BCUT2D eigenvalue weighted by Gasteiger charge is -2.23. The van der Waals surface area contributed by atoms with Crippen molar-refractivity contribution in [3.05, 3.63) is 0 Å². The quantitative estimate of drug-likeness (QED) is 0.220. The van der Waals surface area contributed by atoms with Crippen LogP contribution in [0, 0.1) is 5.92 Å². The maximum absolute atomic E-state index is 12.4. The fraction of sp³-hybridized carbons (Fsp3) is 0.688. The van der Waals surface area contributed by atoms with Crippen molar-refractivity contribution in [2.75, 3.05) is 0 Å². The minimum Gasteiger partial charge on any atom is -0.481 e. The van der Waals surface area contributed by atoms with Crippen LogP contribution in [-0.2, 0) is 24.0 Å². The number of aliphatic carboxylic acids is 2. The molecule has 0 fully saturated rings. The van der Waals surface area contributed by atoms with E-state index in [4.69, 9.17) is 21.7 Å². The Morgan fingerprint density at radius 2 is 1.41 bits per heavy atom. The van der Waals surface area contributed by atoms with Crippen molar-refractivity contribution in [1.29, 1.82) is 0 Å². The Balaban J connectivity index is 5.09. The Bertz CT molecular complexity index is 565. The molecule has 0 aromatic carbocycles. The van der Waals surface area contributed by atoms with E-state index >= 15 is 0 Å². The fourth-order valence-electron chi connectivity index (χ4n) is 2.25. The molecule has 0 aliphatic heterocycles. The highest BCUT2D eigenvalue weighted by molar-refractivity contribution is 5.92. The van der Waals surface area contributed by atoms with Crippen LogP contribution < -0.4 is 22.1 Å². The maximum atomic E-state index is 12.4. The Kier molecular flexibility index (Phi) is 10.7. The van der Waals surface area contributed by atoms with Crippen LogP contribution >= 0.6 is 0 Å². The predicted octanol–water partition coefficient (Wildman–Crippen LogP) is -1.46. The van der Waals surface area contributed by atoms with Gasteiger partial charge in [0.15, 0.2) is 0 Å². The van der Waals surface area contributed by atoms with Crippen molar-refractivity contribution in [1.82, 2.24) is 10.6 Å². The largest absolute Gasteiger partial charge is 0.481 e. The zero-order valence-corrected chi connectivity index (χ0v) is 15.4. The Morgan fingerprint density at radius 3 is 1.85 bits per heavy atom. The lowest BCUT2D eigenvalue weighted by Crippen LogP contribution is -2.54. The number of nitrogens with two attached hydrogens (primary N) is 2. The lowest BCUT2D eigenvalue weighted by atomic mass is 10.0. The molecular weight excluding hydrogens is 360 g/mol.